The van der Waals surface area contributed by atoms with Crippen molar-refractivity contribution in [1.29, 1.82) is 0 Å². The van der Waals surface area contributed by atoms with Gasteiger partial charge in [0.1, 0.15) is 0 Å². The molecule has 3 nitrogen and oxygen atoms in total. The van der Waals surface area contributed by atoms with Gasteiger partial charge in [-0.15, -0.1) is 0 Å². The highest BCUT2D eigenvalue weighted by Crippen LogP contribution is 2.33. The molecule has 2 rings (SSSR count). The van der Waals surface area contributed by atoms with E-state index < -0.39 is 5.54 Å². The third-order valence-electron chi connectivity index (χ3n) is 3.98. The van der Waals surface area contributed by atoms with Crippen molar-refractivity contribution in [3.8, 4) is 0 Å². The standard InChI is InChI=1S/C13H22N2OS/c14-12(17)13(7-3-1-2-4-8-13)15-11(16)9-10-5-6-10/h10H,1-9H2,(H2,14,17)(H,15,16). The maximum atomic E-state index is 12.0. The minimum atomic E-state index is -0.391. The lowest BCUT2D eigenvalue weighted by Crippen LogP contribution is -2.56. The number of amides is 1. The summed E-state index contributed by atoms with van der Waals surface area (Å²) in [5.74, 6) is 0.756. The van der Waals surface area contributed by atoms with Gasteiger partial charge < -0.3 is 11.1 Å². The molecule has 0 spiro atoms. The third-order valence-corrected chi connectivity index (χ3v) is 4.37. The van der Waals surface area contributed by atoms with Gasteiger partial charge in [0.25, 0.3) is 0 Å². The number of carbonyl (C=O) groups is 1. The molecule has 2 saturated carbocycles. The smallest absolute Gasteiger partial charge is 0.221 e. The van der Waals surface area contributed by atoms with E-state index in [4.69, 9.17) is 18.0 Å². The predicted molar refractivity (Wildman–Crippen MR) is 72.7 cm³/mol. The number of nitrogens with one attached hydrogen (secondary N) is 1. The molecular formula is C13H22N2OS. The van der Waals surface area contributed by atoms with E-state index in [1.54, 1.807) is 0 Å². The van der Waals surface area contributed by atoms with Crippen LogP contribution < -0.4 is 11.1 Å². The Morgan fingerprint density at radius 2 is 1.82 bits per heavy atom. The Hall–Kier alpha value is -0.640. The van der Waals surface area contributed by atoms with Gasteiger partial charge >= 0.3 is 0 Å². The molecule has 3 N–H and O–H groups in total. The second kappa shape index (κ2) is 5.34. The number of carbonyl (C=O) groups excluding carboxylic acids is 1. The van der Waals surface area contributed by atoms with E-state index in [-0.39, 0.29) is 5.91 Å². The van der Waals surface area contributed by atoms with Crippen LogP contribution in [0.15, 0.2) is 0 Å². The molecule has 0 heterocycles. The Bertz CT molecular complexity index is 305. The van der Waals surface area contributed by atoms with Crippen LogP contribution in [0.3, 0.4) is 0 Å². The van der Waals surface area contributed by atoms with Crippen molar-refractivity contribution in [1.82, 2.24) is 5.32 Å². The van der Waals surface area contributed by atoms with Crippen molar-refractivity contribution >= 4 is 23.1 Å². The van der Waals surface area contributed by atoms with Crippen molar-refractivity contribution in [2.75, 3.05) is 0 Å². The number of hydrogen-bond acceptors (Lipinski definition) is 2. The molecule has 1 amide bonds. The minimum absolute atomic E-state index is 0.141. The zero-order chi connectivity index (χ0) is 12.3. The van der Waals surface area contributed by atoms with Gasteiger partial charge in [-0.25, -0.2) is 0 Å². The number of rotatable bonds is 4. The van der Waals surface area contributed by atoms with Crippen molar-refractivity contribution in [3.05, 3.63) is 0 Å². The molecule has 0 aromatic carbocycles. The van der Waals surface area contributed by atoms with Gasteiger partial charge in [0.05, 0.1) is 10.5 Å². The molecule has 2 aliphatic carbocycles. The summed E-state index contributed by atoms with van der Waals surface area (Å²) in [5.41, 5.74) is 5.49. The van der Waals surface area contributed by atoms with Gasteiger partial charge in [-0.05, 0) is 31.6 Å². The van der Waals surface area contributed by atoms with Gasteiger partial charge in [0.2, 0.25) is 5.91 Å². The van der Waals surface area contributed by atoms with Crippen LogP contribution >= 0.6 is 12.2 Å². The molecule has 0 aromatic rings. The summed E-state index contributed by atoms with van der Waals surface area (Å²) >= 11 is 5.20. The van der Waals surface area contributed by atoms with Crippen LogP contribution in [0.25, 0.3) is 0 Å². The predicted octanol–water partition coefficient (Wildman–Crippen LogP) is 2.28. The molecule has 4 heteroatoms. The fourth-order valence-corrected chi connectivity index (χ4v) is 2.92. The van der Waals surface area contributed by atoms with Crippen LogP contribution in [0.5, 0.6) is 0 Å². The van der Waals surface area contributed by atoms with Crippen molar-refractivity contribution < 1.29 is 4.79 Å². The van der Waals surface area contributed by atoms with E-state index >= 15 is 0 Å². The van der Waals surface area contributed by atoms with E-state index in [1.807, 2.05) is 0 Å². The van der Waals surface area contributed by atoms with E-state index in [0.29, 0.717) is 17.3 Å². The second-order valence-corrected chi connectivity index (χ2v) is 6.00. The highest BCUT2D eigenvalue weighted by atomic mass is 32.1. The molecule has 17 heavy (non-hydrogen) atoms. The molecule has 0 aromatic heterocycles. The first-order valence-electron chi connectivity index (χ1n) is 6.73. The van der Waals surface area contributed by atoms with Crippen molar-refractivity contribution in [3.63, 3.8) is 0 Å². The summed E-state index contributed by atoms with van der Waals surface area (Å²) in [6, 6.07) is 0. The normalized spacial score (nSPS) is 23.8. The molecular weight excluding hydrogens is 232 g/mol. The fraction of sp³-hybridized carbons (Fsp3) is 0.846. The molecule has 0 atom stereocenters. The van der Waals surface area contributed by atoms with Gasteiger partial charge in [-0.1, -0.05) is 37.9 Å². The summed E-state index contributed by atoms with van der Waals surface area (Å²) in [4.78, 5) is 12.4. The lowest BCUT2D eigenvalue weighted by Gasteiger charge is -2.33. The molecule has 0 unspecified atom stereocenters. The van der Waals surface area contributed by atoms with E-state index in [1.165, 1.54) is 25.7 Å². The van der Waals surface area contributed by atoms with Crippen LogP contribution in [-0.2, 0) is 4.79 Å². The quantitative estimate of drug-likeness (QED) is 0.598. The van der Waals surface area contributed by atoms with Gasteiger partial charge in [0, 0.05) is 6.42 Å². The fourth-order valence-electron chi connectivity index (χ4n) is 2.67. The number of hydrogen-bond donors (Lipinski definition) is 2. The molecule has 96 valence electrons. The highest BCUT2D eigenvalue weighted by molar-refractivity contribution is 7.80. The van der Waals surface area contributed by atoms with Gasteiger partial charge in [-0.3, -0.25) is 4.79 Å². The monoisotopic (exact) mass is 254 g/mol. The Morgan fingerprint density at radius 3 is 2.29 bits per heavy atom. The number of nitrogens with two attached hydrogens (primary N) is 1. The molecule has 0 bridgehead atoms. The maximum Gasteiger partial charge on any atom is 0.221 e. The summed E-state index contributed by atoms with van der Waals surface area (Å²) in [6.07, 6.45) is 9.57. The summed E-state index contributed by atoms with van der Waals surface area (Å²) in [5, 5.41) is 3.14. The van der Waals surface area contributed by atoms with E-state index in [0.717, 1.165) is 25.7 Å². The van der Waals surface area contributed by atoms with Crippen molar-refractivity contribution in [2.24, 2.45) is 11.7 Å². The van der Waals surface area contributed by atoms with Gasteiger partial charge in [0.15, 0.2) is 0 Å². The summed E-state index contributed by atoms with van der Waals surface area (Å²) in [6.45, 7) is 0. The van der Waals surface area contributed by atoms with Crippen LogP contribution in [0.1, 0.15) is 57.8 Å². The Labute approximate surface area is 109 Å². The minimum Gasteiger partial charge on any atom is -0.391 e. The summed E-state index contributed by atoms with van der Waals surface area (Å²) in [7, 11) is 0. The number of thiocarbonyl (C=S) groups is 1. The average molecular weight is 254 g/mol. The SMILES string of the molecule is NC(=S)C1(NC(=O)CC2CC2)CCCCCC1. The molecule has 0 radical (unpaired) electrons. The first-order chi connectivity index (χ1) is 8.12. The first-order valence-corrected chi connectivity index (χ1v) is 7.14. The van der Waals surface area contributed by atoms with E-state index in [9.17, 15) is 4.79 Å². The topological polar surface area (TPSA) is 55.1 Å². The van der Waals surface area contributed by atoms with Crippen molar-refractivity contribution in [2.45, 2.75) is 63.3 Å². The molecule has 0 saturated heterocycles. The first kappa shape index (κ1) is 12.8. The molecule has 0 aliphatic heterocycles. The second-order valence-electron chi connectivity index (χ2n) is 5.56. The van der Waals surface area contributed by atoms with Crippen LogP contribution in [0.2, 0.25) is 0 Å². The lowest BCUT2D eigenvalue weighted by atomic mass is 9.89. The van der Waals surface area contributed by atoms with Gasteiger partial charge in [-0.2, -0.15) is 0 Å². The average Bonchev–Trinajstić information content (AvgIpc) is 3.05. The largest absolute Gasteiger partial charge is 0.391 e. The van der Waals surface area contributed by atoms with Crippen LogP contribution in [0, 0.1) is 5.92 Å². The maximum absolute atomic E-state index is 12.0. The zero-order valence-corrected chi connectivity index (χ0v) is 11.2. The highest BCUT2D eigenvalue weighted by Gasteiger charge is 2.36. The molecule has 2 aliphatic rings. The van der Waals surface area contributed by atoms with Crippen LogP contribution in [-0.4, -0.2) is 16.4 Å². The van der Waals surface area contributed by atoms with Crippen LogP contribution in [0.4, 0.5) is 0 Å². The molecule has 2 fully saturated rings. The zero-order valence-electron chi connectivity index (χ0n) is 10.3. The lowest BCUT2D eigenvalue weighted by molar-refractivity contribution is -0.122. The third kappa shape index (κ3) is 3.41. The Kier molecular flexibility index (Phi) is 4.02. The van der Waals surface area contributed by atoms with E-state index in [2.05, 4.69) is 5.32 Å². The Morgan fingerprint density at radius 1 is 1.24 bits per heavy atom. The Balaban J connectivity index is 1.98. The summed E-state index contributed by atoms with van der Waals surface area (Å²) < 4.78 is 0.